The summed E-state index contributed by atoms with van der Waals surface area (Å²) in [5.74, 6) is -1.11. The summed E-state index contributed by atoms with van der Waals surface area (Å²) in [5.41, 5.74) is -0.229. The Morgan fingerprint density at radius 3 is 2.20 bits per heavy atom. The number of aldehydes is 1. The highest BCUT2D eigenvalue weighted by atomic mass is 16.5. The molecule has 0 aliphatic heterocycles. The molecule has 0 aromatic heterocycles. The molecule has 0 amide bonds. The van der Waals surface area contributed by atoms with E-state index in [1.54, 1.807) is 20.8 Å². The number of carbonyl (C=O) groups is 2. The lowest BCUT2D eigenvalue weighted by Crippen LogP contribution is -2.49. The number of ether oxygens (including phenoxy) is 1. The zero-order valence-electron chi connectivity index (χ0n) is 12.5. The Balaban J connectivity index is 3.11. The summed E-state index contributed by atoms with van der Waals surface area (Å²) in [7, 11) is 0. The predicted octanol–water partition coefficient (Wildman–Crippen LogP) is 2.77. The molecule has 0 aliphatic carbocycles. The summed E-state index contributed by atoms with van der Waals surface area (Å²) < 4.78 is 5.73. The third-order valence-electron chi connectivity index (χ3n) is 2.91. The number of carboxylic acid groups (broad SMARTS) is 1. The molecule has 1 aromatic carbocycles. The highest BCUT2D eigenvalue weighted by Gasteiger charge is 2.42. The summed E-state index contributed by atoms with van der Waals surface area (Å²) >= 11 is 0. The molecule has 0 fully saturated rings. The van der Waals surface area contributed by atoms with E-state index in [1.807, 2.05) is 31.2 Å². The van der Waals surface area contributed by atoms with Crippen LogP contribution in [0.25, 0.3) is 0 Å². The third-order valence-corrected chi connectivity index (χ3v) is 2.91. The second kappa shape index (κ2) is 6.18. The van der Waals surface area contributed by atoms with Crippen LogP contribution in [0.15, 0.2) is 24.3 Å². The first kappa shape index (κ1) is 16.4. The van der Waals surface area contributed by atoms with Crippen LogP contribution in [0.5, 0.6) is 0 Å². The zero-order valence-corrected chi connectivity index (χ0v) is 12.5. The van der Waals surface area contributed by atoms with E-state index in [-0.39, 0.29) is 12.8 Å². The average molecular weight is 278 g/mol. The van der Waals surface area contributed by atoms with Crippen molar-refractivity contribution in [1.29, 1.82) is 0 Å². The minimum absolute atomic E-state index is 0.165. The minimum atomic E-state index is -1.52. The van der Waals surface area contributed by atoms with Crippen LogP contribution in [0.2, 0.25) is 0 Å². The number of aryl methyl sites for hydroxylation is 1. The number of carbonyl (C=O) groups excluding carboxylic acids is 1. The van der Waals surface area contributed by atoms with E-state index in [0.29, 0.717) is 6.29 Å². The smallest absolute Gasteiger partial charge is 0.336 e. The quantitative estimate of drug-likeness (QED) is 0.813. The van der Waals surface area contributed by atoms with Gasteiger partial charge in [0.2, 0.25) is 0 Å². The van der Waals surface area contributed by atoms with E-state index in [4.69, 9.17) is 4.74 Å². The number of benzene rings is 1. The standard InChI is InChI=1S/C16H22O4/c1-12-5-7-13(8-6-12)11-16(9-10-17,14(18)19)20-15(2,3)4/h5-8,10H,9,11H2,1-4H3,(H,18,19). The van der Waals surface area contributed by atoms with E-state index in [1.165, 1.54) is 0 Å². The number of aliphatic carboxylic acids is 1. The van der Waals surface area contributed by atoms with Gasteiger partial charge in [-0.3, -0.25) is 0 Å². The molecule has 1 atom stereocenters. The Bertz CT molecular complexity index is 470. The summed E-state index contributed by atoms with van der Waals surface area (Å²) in [4.78, 5) is 22.6. The van der Waals surface area contributed by atoms with E-state index >= 15 is 0 Å². The molecule has 0 spiro atoms. The van der Waals surface area contributed by atoms with Crippen molar-refractivity contribution in [2.45, 2.75) is 51.7 Å². The molecule has 0 radical (unpaired) electrons. The first-order valence-electron chi connectivity index (χ1n) is 6.61. The van der Waals surface area contributed by atoms with Crippen molar-refractivity contribution < 1.29 is 19.4 Å². The molecule has 0 heterocycles. The van der Waals surface area contributed by atoms with Gasteiger partial charge >= 0.3 is 5.97 Å². The van der Waals surface area contributed by atoms with Crippen molar-refractivity contribution in [2.24, 2.45) is 0 Å². The summed E-state index contributed by atoms with van der Waals surface area (Å²) in [6.45, 7) is 7.31. The van der Waals surface area contributed by atoms with Crippen molar-refractivity contribution in [3.63, 3.8) is 0 Å². The highest BCUT2D eigenvalue weighted by Crippen LogP contribution is 2.28. The van der Waals surface area contributed by atoms with Crippen molar-refractivity contribution in [2.75, 3.05) is 0 Å². The lowest BCUT2D eigenvalue weighted by molar-refractivity contribution is -0.186. The zero-order chi connectivity index (χ0) is 15.4. The fourth-order valence-electron chi connectivity index (χ4n) is 2.11. The van der Waals surface area contributed by atoms with Crippen LogP contribution >= 0.6 is 0 Å². The minimum Gasteiger partial charge on any atom is -0.479 e. The molecule has 0 saturated carbocycles. The van der Waals surface area contributed by atoms with Crippen LogP contribution < -0.4 is 0 Å². The molecule has 110 valence electrons. The first-order chi connectivity index (χ1) is 9.18. The van der Waals surface area contributed by atoms with Crippen LogP contribution in [-0.4, -0.2) is 28.6 Å². The molecule has 20 heavy (non-hydrogen) atoms. The van der Waals surface area contributed by atoms with Gasteiger partial charge in [0.25, 0.3) is 0 Å². The van der Waals surface area contributed by atoms with E-state index in [2.05, 4.69) is 0 Å². The van der Waals surface area contributed by atoms with E-state index < -0.39 is 17.2 Å². The molecule has 1 rings (SSSR count). The van der Waals surface area contributed by atoms with Gasteiger partial charge in [0.1, 0.15) is 6.29 Å². The summed E-state index contributed by atoms with van der Waals surface area (Å²) in [6, 6.07) is 7.56. The van der Waals surface area contributed by atoms with Gasteiger partial charge in [0.05, 0.1) is 5.60 Å². The topological polar surface area (TPSA) is 63.6 Å². The van der Waals surface area contributed by atoms with Crippen molar-refractivity contribution in [3.8, 4) is 0 Å². The maximum atomic E-state index is 11.7. The lowest BCUT2D eigenvalue weighted by atomic mass is 9.90. The highest BCUT2D eigenvalue weighted by molar-refractivity contribution is 5.81. The second-order valence-electron chi connectivity index (χ2n) is 6.05. The Kier molecular flexibility index (Phi) is 5.06. The number of rotatable bonds is 6. The molecule has 0 bridgehead atoms. The molecule has 4 nitrogen and oxygen atoms in total. The van der Waals surface area contributed by atoms with Crippen LogP contribution in [0.4, 0.5) is 0 Å². The number of hydrogen-bond donors (Lipinski definition) is 1. The van der Waals surface area contributed by atoms with Crippen LogP contribution in [-0.2, 0) is 20.7 Å². The maximum absolute atomic E-state index is 11.7. The van der Waals surface area contributed by atoms with Crippen LogP contribution in [0.1, 0.15) is 38.3 Å². The fourth-order valence-corrected chi connectivity index (χ4v) is 2.11. The van der Waals surface area contributed by atoms with Gasteiger partial charge in [0, 0.05) is 12.8 Å². The molecule has 1 aromatic rings. The van der Waals surface area contributed by atoms with E-state index in [9.17, 15) is 14.7 Å². The summed E-state index contributed by atoms with van der Waals surface area (Å²) in [5, 5.41) is 9.55. The van der Waals surface area contributed by atoms with Crippen molar-refractivity contribution in [3.05, 3.63) is 35.4 Å². The number of carboxylic acids is 1. The fraction of sp³-hybridized carbons (Fsp3) is 0.500. The molecule has 0 saturated heterocycles. The normalized spacial score (nSPS) is 14.6. The van der Waals surface area contributed by atoms with Gasteiger partial charge in [-0.1, -0.05) is 29.8 Å². The van der Waals surface area contributed by atoms with Crippen molar-refractivity contribution in [1.82, 2.24) is 0 Å². The molecular formula is C16H22O4. The van der Waals surface area contributed by atoms with Crippen LogP contribution in [0.3, 0.4) is 0 Å². The Labute approximate surface area is 119 Å². The molecule has 1 N–H and O–H groups in total. The Hall–Kier alpha value is -1.68. The third kappa shape index (κ3) is 4.46. The SMILES string of the molecule is Cc1ccc(CC(CC=O)(OC(C)(C)C)C(=O)O)cc1. The Morgan fingerprint density at radius 2 is 1.80 bits per heavy atom. The maximum Gasteiger partial charge on any atom is 0.336 e. The van der Waals surface area contributed by atoms with Gasteiger partial charge in [-0.2, -0.15) is 0 Å². The lowest BCUT2D eigenvalue weighted by Gasteiger charge is -2.35. The average Bonchev–Trinajstić information content (AvgIpc) is 2.30. The molecule has 1 unspecified atom stereocenters. The predicted molar refractivity (Wildman–Crippen MR) is 76.8 cm³/mol. The van der Waals surface area contributed by atoms with Gasteiger partial charge in [-0.25, -0.2) is 4.79 Å². The van der Waals surface area contributed by atoms with E-state index in [0.717, 1.165) is 11.1 Å². The molecule has 0 aliphatic rings. The van der Waals surface area contributed by atoms with Crippen molar-refractivity contribution >= 4 is 12.3 Å². The Morgan fingerprint density at radius 1 is 1.25 bits per heavy atom. The van der Waals surface area contributed by atoms with Gasteiger partial charge in [-0.15, -0.1) is 0 Å². The number of hydrogen-bond acceptors (Lipinski definition) is 3. The molecule has 4 heteroatoms. The summed E-state index contributed by atoms with van der Waals surface area (Å²) in [6.07, 6.45) is 0.597. The first-order valence-corrected chi connectivity index (χ1v) is 6.61. The largest absolute Gasteiger partial charge is 0.479 e. The van der Waals surface area contributed by atoms with Crippen LogP contribution in [0, 0.1) is 6.92 Å². The van der Waals surface area contributed by atoms with Gasteiger partial charge < -0.3 is 14.6 Å². The molecular weight excluding hydrogens is 256 g/mol. The monoisotopic (exact) mass is 278 g/mol. The van der Waals surface area contributed by atoms with Gasteiger partial charge in [0.15, 0.2) is 5.60 Å². The van der Waals surface area contributed by atoms with Gasteiger partial charge in [-0.05, 0) is 33.3 Å². The second-order valence-corrected chi connectivity index (χ2v) is 6.05.